The number of rotatable bonds is 5. The minimum absolute atomic E-state index is 0.00839. The Labute approximate surface area is 103 Å². The van der Waals surface area contributed by atoms with E-state index in [-0.39, 0.29) is 23.0 Å². The Morgan fingerprint density at radius 3 is 2.75 bits per heavy atom. The molecular weight excluding hydrogens is 253 g/mol. The van der Waals surface area contributed by atoms with E-state index in [0.29, 0.717) is 5.69 Å². The van der Waals surface area contributed by atoms with E-state index in [9.17, 15) is 9.90 Å². The number of anilines is 1. The highest BCUT2D eigenvalue weighted by atomic mass is 35.5. The first-order valence-corrected chi connectivity index (χ1v) is 5.47. The largest absolute Gasteiger partial charge is 0.478 e. The van der Waals surface area contributed by atoms with Crippen LogP contribution >= 0.6 is 23.2 Å². The van der Waals surface area contributed by atoms with E-state index in [4.69, 9.17) is 28.3 Å². The van der Waals surface area contributed by atoms with Gasteiger partial charge in [-0.05, 0) is 12.1 Å². The number of hydrogen-bond acceptors (Lipinski definition) is 3. The van der Waals surface area contributed by atoms with Crippen LogP contribution < -0.4 is 5.32 Å². The average Bonchev–Trinajstić information content (AvgIpc) is 2.25. The van der Waals surface area contributed by atoms with Crippen molar-refractivity contribution in [2.75, 3.05) is 17.7 Å². The third-order valence-corrected chi connectivity index (χ3v) is 2.60. The first-order chi connectivity index (χ1) is 7.56. The predicted octanol–water partition coefficient (Wildman–Crippen LogP) is 2.05. The molecule has 0 radical (unpaired) electrons. The van der Waals surface area contributed by atoms with Crippen LogP contribution in [0.4, 0.5) is 5.69 Å². The molecule has 1 rings (SSSR count). The van der Waals surface area contributed by atoms with Crippen LogP contribution in [0, 0.1) is 0 Å². The molecule has 1 atom stereocenters. The maximum Gasteiger partial charge on any atom is 0.339 e. The molecule has 1 aromatic rings. The van der Waals surface area contributed by atoms with Gasteiger partial charge in [0.15, 0.2) is 0 Å². The number of carbonyl (C=O) groups is 1. The Hall–Kier alpha value is -0.970. The molecule has 3 N–H and O–H groups in total. The number of aliphatic hydroxyl groups is 1. The number of aliphatic hydroxyl groups excluding tert-OH is 1. The van der Waals surface area contributed by atoms with Crippen LogP contribution in [0.1, 0.15) is 10.4 Å². The molecule has 0 bridgehead atoms. The molecule has 0 aliphatic rings. The van der Waals surface area contributed by atoms with Gasteiger partial charge in [-0.25, -0.2) is 4.79 Å². The second-order valence-corrected chi connectivity index (χ2v) is 3.87. The number of hydrogen-bond donors (Lipinski definition) is 3. The normalized spacial score (nSPS) is 12.2. The molecular formula is C10H11Cl2NO3. The summed E-state index contributed by atoms with van der Waals surface area (Å²) in [7, 11) is 0. The zero-order valence-electron chi connectivity index (χ0n) is 8.28. The van der Waals surface area contributed by atoms with Crippen LogP contribution in [0.5, 0.6) is 0 Å². The molecule has 88 valence electrons. The molecule has 4 nitrogen and oxygen atoms in total. The Bertz CT molecular complexity index is 384. The number of carboxylic acid groups (broad SMARTS) is 1. The summed E-state index contributed by atoms with van der Waals surface area (Å²) in [5.41, 5.74) is 0.357. The van der Waals surface area contributed by atoms with Gasteiger partial charge in [-0.1, -0.05) is 17.7 Å². The van der Waals surface area contributed by atoms with E-state index in [0.717, 1.165) is 0 Å². The number of benzene rings is 1. The Morgan fingerprint density at radius 2 is 2.19 bits per heavy atom. The van der Waals surface area contributed by atoms with Crippen LogP contribution in [0.25, 0.3) is 0 Å². The Kier molecular flexibility index (Phi) is 4.86. The molecule has 0 heterocycles. The highest BCUT2D eigenvalue weighted by Gasteiger charge is 2.14. The number of nitrogens with one attached hydrogen (secondary N) is 1. The van der Waals surface area contributed by atoms with E-state index in [2.05, 4.69) is 5.32 Å². The van der Waals surface area contributed by atoms with Crippen molar-refractivity contribution >= 4 is 34.9 Å². The molecule has 6 heteroatoms. The van der Waals surface area contributed by atoms with Crippen LogP contribution in [0.2, 0.25) is 5.02 Å². The van der Waals surface area contributed by atoms with Gasteiger partial charge in [0.1, 0.15) is 5.56 Å². The lowest BCUT2D eigenvalue weighted by molar-refractivity contribution is 0.0698. The van der Waals surface area contributed by atoms with Crippen molar-refractivity contribution in [2.24, 2.45) is 0 Å². The third kappa shape index (κ3) is 3.27. The topological polar surface area (TPSA) is 69.6 Å². The molecule has 0 aliphatic carbocycles. The van der Waals surface area contributed by atoms with E-state index in [1.165, 1.54) is 6.07 Å². The Morgan fingerprint density at radius 1 is 1.50 bits per heavy atom. The molecule has 0 amide bonds. The summed E-state index contributed by atoms with van der Waals surface area (Å²) in [6, 6.07) is 4.70. The van der Waals surface area contributed by atoms with Crippen LogP contribution in [0.15, 0.2) is 18.2 Å². The molecule has 0 fully saturated rings. The third-order valence-electron chi connectivity index (χ3n) is 1.93. The van der Waals surface area contributed by atoms with Crippen LogP contribution in [-0.4, -0.2) is 34.7 Å². The molecule has 0 spiro atoms. The molecule has 16 heavy (non-hydrogen) atoms. The van der Waals surface area contributed by atoms with Gasteiger partial charge in [-0.15, -0.1) is 11.6 Å². The standard InChI is InChI=1S/C10H11Cl2NO3/c11-4-6(14)5-13-8-3-1-2-7(12)9(8)10(15)16/h1-3,6,13-14H,4-5H2,(H,15,16). The molecule has 0 saturated heterocycles. The summed E-state index contributed by atoms with van der Waals surface area (Å²) in [6.07, 6.45) is -0.734. The highest BCUT2D eigenvalue weighted by molar-refractivity contribution is 6.34. The maximum absolute atomic E-state index is 10.9. The van der Waals surface area contributed by atoms with Crippen molar-refractivity contribution < 1.29 is 15.0 Å². The molecule has 0 saturated carbocycles. The predicted molar refractivity (Wildman–Crippen MR) is 63.6 cm³/mol. The smallest absolute Gasteiger partial charge is 0.339 e. The second-order valence-electron chi connectivity index (χ2n) is 3.16. The lowest BCUT2D eigenvalue weighted by atomic mass is 10.1. The first kappa shape index (κ1) is 13.1. The van der Waals surface area contributed by atoms with Crippen molar-refractivity contribution in [2.45, 2.75) is 6.10 Å². The van der Waals surface area contributed by atoms with Gasteiger partial charge >= 0.3 is 5.97 Å². The first-order valence-electron chi connectivity index (χ1n) is 4.56. The molecule has 0 aromatic heterocycles. The number of alkyl halides is 1. The second kappa shape index (κ2) is 5.94. The van der Waals surface area contributed by atoms with Crippen LogP contribution in [0.3, 0.4) is 0 Å². The summed E-state index contributed by atoms with van der Waals surface area (Å²) in [5.74, 6) is -1.04. The fourth-order valence-corrected chi connectivity index (χ4v) is 1.54. The van der Waals surface area contributed by atoms with E-state index >= 15 is 0 Å². The van der Waals surface area contributed by atoms with Crippen molar-refractivity contribution in [3.8, 4) is 0 Å². The van der Waals surface area contributed by atoms with Crippen molar-refractivity contribution in [3.05, 3.63) is 28.8 Å². The summed E-state index contributed by atoms with van der Waals surface area (Å²) >= 11 is 11.2. The molecule has 1 unspecified atom stereocenters. The van der Waals surface area contributed by atoms with E-state index < -0.39 is 12.1 Å². The fourth-order valence-electron chi connectivity index (χ4n) is 1.17. The lowest BCUT2D eigenvalue weighted by Crippen LogP contribution is -2.21. The average molecular weight is 264 g/mol. The molecule has 0 aliphatic heterocycles. The fraction of sp³-hybridized carbons (Fsp3) is 0.300. The van der Waals surface area contributed by atoms with E-state index in [1.54, 1.807) is 12.1 Å². The zero-order chi connectivity index (χ0) is 12.1. The molecule has 1 aromatic carbocycles. The van der Waals surface area contributed by atoms with Crippen LogP contribution in [-0.2, 0) is 0 Å². The lowest BCUT2D eigenvalue weighted by Gasteiger charge is -2.12. The number of carboxylic acids is 1. The van der Waals surface area contributed by atoms with Gasteiger partial charge in [0, 0.05) is 6.54 Å². The maximum atomic E-state index is 10.9. The van der Waals surface area contributed by atoms with Gasteiger partial charge < -0.3 is 15.5 Å². The van der Waals surface area contributed by atoms with Crippen molar-refractivity contribution in [3.63, 3.8) is 0 Å². The van der Waals surface area contributed by atoms with E-state index in [1.807, 2.05) is 0 Å². The summed E-state index contributed by atoms with van der Waals surface area (Å²) in [6.45, 7) is 0.171. The zero-order valence-corrected chi connectivity index (χ0v) is 9.79. The minimum atomic E-state index is -1.12. The monoisotopic (exact) mass is 263 g/mol. The Balaban J connectivity index is 2.87. The van der Waals surface area contributed by atoms with Crippen molar-refractivity contribution in [1.82, 2.24) is 0 Å². The minimum Gasteiger partial charge on any atom is -0.478 e. The summed E-state index contributed by atoms with van der Waals surface area (Å²) in [5, 5.41) is 21.1. The van der Waals surface area contributed by atoms with Gasteiger partial charge in [-0.2, -0.15) is 0 Å². The highest BCUT2D eigenvalue weighted by Crippen LogP contribution is 2.24. The quantitative estimate of drug-likeness (QED) is 0.712. The summed E-state index contributed by atoms with van der Waals surface area (Å²) in [4.78, 5) is 10.9. The number of halogens is 2. The van der Waals surface area contributed by atoms with Crippen molar-refractivity contribution in [1.29, 1.82) is 0 Å². The summed E-state index contributed by atoms with van der Waals surface area (Å²) < 4.78 is 0. The number of aromatic carboxylic acids is 1. The van der Waals surface area contributed by atoms with Gasteiger partial charge in [0.05, 0.1) is 22.7 Å². The van der Waals surface area contributed by atoms with Gasteiger partial charge in [0.25, 0.3) is 0 Å². The van der Waals surface area contributed by atoms with Gasteiger partial charge in [0.2, 0.25) is 0 Å². The van der Waals surface area contributed by atoms with Gasteiger partial charge in [-0.3, -0.25) is 0 Å². The SMILES string of the molecule is O=C(O)c1c(Cl)cccc1NCC(O)CCl.